The van der Waals surface area contributed by atoms with E-state index in [4.69, 9.17) is 0 Å². The molecule has 0 unspecified atom stereocenters. The summed E-state index contributed by atoms with van der Waals surface area (Å²) in [6, 6.07) is -0.865. The monoisotopic (exact) mass is 1280 g/mol. The van der Waals surface area contributed by atoms with Gasteiger partial charge in [-0.25, -0.2) is 158 Å². The average Bonchev–Trinajstić information content (AvgIpc) is 3.64. The van der Waals surface area contributed by atoms with Crippen LogP contribution in [0.5, 0.6) is 0 Å². The van der Waals surface area contributed by atoms with Crippen LogP contribution in [0.2, 0.25) is 0 Å². The number of halogens is 36. The second-order valence-corrected chi connectivity index (χ2v) is 15.2. The van der Waals surface area contributed by atoms with Gasteiger partial charge >= 0.3 is 0 Å². The Labute approximate surface area is 462 Å². The molecule has 0 atom stereocenters. The predicted molar refractivity (Wildman–Crippen MR) is 218 cm³/mol. The number of benzene rings is 8. The molecule has 86 heavy (non-hydrogen) atoms. The van der Waals surface area contributed by atoms with E-state index in [1.165, 1.54) is 0 Å². The van der Waals surface area contributed by atoms with Gasteiger partial charge in [-0.05, 0) is 24.3 Å². The molecule has 0 fully saturated rings. The molecular weight excluding hydrogens is 1280 g/mol. The van der Waals surface area contributed by atoms with Crippen molar-refractivity contribution in [3.63, 3.8) is 0 Å². The molecule has 0 amide bonds. The quantitative estimate of drug-likeness (QED) is 0.0713. The van der Waals surface area contributed by atoms with Gasteiger partial charge in [0.1, 0.15) is 0 Å². The fraction of sp³-hybridized carbons (Fsp3) is 0. The summed E-state index contributed by atoms with van der Waals surface area (Å²) in [6.07, 6.45) is 0. The maximum absolute atomic E-state index is 13.4. The van der Waals surface area contributed by atoms with E-state index in [2.05, 4.69) is 0 Å². The fourth-order valence-electron chi connectivity index (χ4n) is 6.38. The molecule has 0 nitrogen and oxygen atoms in total. The van der Waals surface area contributed by atoms with Crippen molar-refractivity contribution in [2.75, 3.05) is 0 Å². The smallest absolute Gasteiger partial charge is 0.200 e. The molecule has 0 N–H and O–H groups in total. The summed E-state index contributed by atoms with van der Waals surface area (Å²) in [5.74, 6) is -86.0. The first-order valence-electron chi connectivity index (χ1n) is 20.1. The number of rotatable bonds is 4. The Balaban J connectivity index is 0.000000298. The van der Waals surface area contributed by atoms with Crippen LogP contribution >= 0.6 is 0 Å². The SMILES string of the molecule is Fc1cc(-c2c(F)c(F)c(F)c(F)c2F)c(F)c(F)c1F.Fc1cc(-c2c(F)c(F)c(F)c(F)c2F)c(F)c(F)c1F.Fc1cc(-c2c(F)c(F)c(F)c(F)c2F)c(F)c(F)c1F.Fc1cc(-c2c(F)c(F)c(F)c(F)c2F)c(F)c(F)c1F.[B].[Li]. The van der Waals surface area contributed by atoms with E-state index < -0.39 is 254 Å². The summed E-state index contributed by atoms with van der Waals surface area (Å²) in [7, 11) is 0. The van der Waals surface area contributed by atoms with Gasteiger partial charge in [0.15, 0.2) is 186 Å². The van der Waals surface area contributed by atoms with Gasteiger partial charge in [0.25, 0.3) is 0 Å². The molecule has 0 heterocycles. The van der Waals surface area contributed by atoms with E-state index in [-0.39, 0.29) is 51.5 Å². The largest absolute Gasteiger partial charge is 0.204 e. The van der Waals surface area contributed by atoms with Crippen molar-refractivity contribution < 1.29 is 158 Å². The Morgan fingerprint density at radius 1 is 0.128 bits per heavy atom. The van der Waals surface area contributed by atoms with Crippen LogP contribution in [0, 0.1) is 209 Å². The molecular formula is C48H4BF36Li. The van der Waals surface area contributed by atoms with Crippen LogP contribution in [0.4, 0.5) is 158 Å². The predicted octanol–water partition coefficient (Wildman–Crippen LogP) is 17.7. The first-order valence-corrected chi connectivity index (χ1v) is 20.1. The molecule has 8 aromatic rings. The van der Waals surface area contributed by atoms with E-state index >= 15 is 0 Å². The van der Waals surface area contributed by atoms with Gasteiger partial charge in [0.2, 0.25) is 23.3 Å². The van der Waals surface area contributed by atoms with Crippen molar-refractivity contribution in [3.8, 4) is 44.5 Å². The van der Waals surface area contributed by atoms with Gasteiger partial charge in [-0.3, -0.25) is 0 Å². The first kappa shape index (κ1) is 72.2. The molecule has 0 aromatic heterocycles. The van der Waals surface area contributed by atoms with Crippen molar-refractivity contribution in [2.24, 2.45) is 0 Å². The van der Waals surface area contributed by atoms with Crippen LogP contribution in [-0.4, -0.2) is 27.3 Å². The second-order valence-electron chi connectivity index (χ2n) is 15.2. The molecule has 0 aliphatic carbocycles. The Bertz CT molecular complexity index is 3420. The zero-order chi connectivity index (χ0) is 64.2. The Morgan fingerprint density at radius 3 is 0.337 bits per heavy atom. The minimum atomic E-state index is -2.53. The zero-order valence-corrected chi connectivity index (χ0v) is 39.5. The molecule has 8 rings (SSSR count). The van der Waals surface area contributed by atoms with Crippen LogP contribution in [0.15, 0.2) is 24.3 Å². The molecule has 0 aliphatic rings. The van der Waals surface area contributed by atoms with Crippen molar-refractivity contribution in [3.05, 3.63) is 234 Å². The number of hydrogen-bond acceptors (Lipinski definition) is 0. The zero-order valence-electron chi connectivity index (χ0n) is 39.5. The van der Waals surface area contributed by atoms with E-state index in [0.717, 1.165) is 0 Å². The molecule has 0 saturated carbocycles. The Morgan fingerprint density at radius 2 is 0.221 bits per heavy atom. The Hall–Kier alpha value is -8.10. The molecule has 8 aromatic carbocycles. The number of hydrogen-bond donors (Lipinski definition) is 0. The molecule has 0 aliphatic heterocycles. The summed E-state index contributed by atoms with van der Waals surface area (Å²) >= 11 is 0. The molecule has 0 spiro atoms. The third kappa shape index (κ3) is 12.6. The molecule has 0 saturated heterocycles. The van der Waals surface area contributed by atoms with Crippen LogP contribution in [0.25, 0.3) is 44.5 Å². The van der Waals surface area contributed by atoms with E-state index in [9.17, 15) is 158 Å². The molecule has 38 heteroatoms. The molecule has 0 bridgehead atoms. The van der Waals surface area contributed by atoms with Crippen molar-refractivity contribution in [2.45, 2.75) is 0 Å². The first-order chi connectivity index (χ1) is 38.7. The van der Waals surface area contributed by atoms with Gasteiger partial charge in [0.05, 0.1) is 22.3 Å². The Kier molecular flexibility index (Phi) is 22.7. The average molecular weight is 1280 g/mol. The normalized spacial score (nSPS) is 10.8. The van der Waals surface area contributed by atoms with Crippen LogP contribution in [0.1, 0.15) is 0 Å². The summed E-state index contributed by atoms with van der Waals surface area (Å²) < 4.78 is 470. The third-order valence-electron chi connectivity index (χ3n) is 10.3. The van der Waals surface area contributed by atoms with Gasteiger partial charge in [0, 0.05) is 49.5 Å². The molecule has 452 valence electrons. The maximum Gasteiger partial charge on any atom is 0.200 e. The van der Waals surface area contributed by atoms with E-state index in [1.807, 2.05) is 0 Å². The minimum absolute atomic E-state index is 0. The molecule has 4 radical (unpaired) electrons. The van der Waals surface area contributed by atoms with Crippen molar-refractivity contribution in [1.29, 1.82) is 0 Å². The summed E-state index contributed by atoms with van der Waals surface area (Å²) in [5, 5.41) is 0. The van der Waals surface area contributed by atoms with E-state index in [1.54, 1.807) is 0 Å². The van der Waals surface area contributed by atoms with Gasteiger partial charge in [-0.15, -0.1) is 0 Å². The topological polar surface area (TPSA) is 0 Å². The third-order valence-corrected chi connectivity index (χ3v) is 10.3. The van der Waals surface area contributed by atoms with Crippen molar-refractivity contribution in [1.82, 2.24) is 0 Å². The second kappa shape index (κ2) is 27.1. The van der Waals surface area contributed by atoms with Gasteiger partial charge in [-0.1, -0.05) is 0 Å². The maximum atomic E-state index is 13.4. The van der Waals surface area contributed by atoms with Crippen LogP contribution < -0.4 is 0 Å². The van der Waals surface area contributed by atoms with E-state index in [0.29, 0.717) is 0 Å². The minimum Gasteiger partial charge on any atom is -0.204 e. The van der Waals surface area contributed by atoms with Crippen molar-refractivity contribution >= 4 is 27.3 Å². The van der Waals surface area contributed by atoms with Crippen LogP contribution in [0.3, 0.4) is 0 Å². The van der Waals surface area contributed by atoms with Crippen LogP contribution in [-0.2, 0) is 0 Å². The fourth-order valence-corrected chi connectivity index (χ4v) is 6.38. The van der Waals surface area contributed by atoms with Gasteiger partial charge < -0.3 is 0 Å². The summed E-state index contributed by atoms with van der Waals surface area (Å²) in [6.45, 7) is 0. The van der Waals surface area contributed by atoms with Gasteiger partial charge in [-0.2, -0.15) is 0 Å². The summed E-state index contributed by atoms with van der Waals surface area (Å²) in [4.78, 5) is 0. The summed E-state index contributed by atoms with van der Waals surface area (Å²) in [5.41, 5.74) is -14.2. The standard InChI is InChI=1S/4C12HF9.B.Li/c4*13-3-1-2(5(14)9(18)6(3)15)4-7(16)10(19)12(21)11(20)8(4)17;;/h4*1H;;.